The summed E-state index contributed by atoms with van der Waals surface area (Å²) in [6.45, 7) is 0. The molecule has 0 aliphatic carbocycles. The van der Waals surface area contributed by atoms with Crippen LogP contribution in [-0.2, 0) is 9.59 Å². The number of rotatable bonds is 5. The second kappa shape index (κ2) is 8.19. The quantitative estimate of drug-likeness (QED) is 0.453. The molecule has 3 aromatic carbocycles. The Morgan fingerprint density at radius 2 is 1.62 bits per heavy atom. The first-order valence-corrected chi connectivity index (χ1v) is 10.2. The largest absolute Gasteiger partial charge is 0.457 e. The number of imide groups is 1. The molecule has 0 radical (unpaired) electrons. The zero-order chi connectivity index (χ0) is 20.4. The Balaban J connectivity index is 1.46. The van der Waals surface area contributed by atoms with Gasteiger partial charge in [0.25, 0.3) is 0 Å². The number of carbonyl (C=O) groups excluding carboxylic acids is 2. The highest BCUT2D eigenvalue weighted by Crippen LogP contribution is 2.35. The minimum Gasteiger partial charge on any atom is -0.457 e. The SMILES string of the molecule is Nc1cccc(S[C@@H]2CC(=O)N(c3ccc(Oc4ccc(Cl)cc4)cc3)C2=O)c1. The molecule has 7 heteroatoms. The Hall–Kier alpha value is -2.96. The van der Waals surface area contributed by atoms with Crippen molar-refractivity contribution in [2.24, 2.45) is 0 Å². The Kier molecular flexibility index (Phi) is 5.47. The van der Waals surface area contributed by atoms with Crippen LogP contribution in [0.3, 0.4) is 0 Å². The lowest BCUT2D eigenvalue weighted by atomic mass is 10.2. The average Bonchev–Trinajstić information content (AvgIpc) is 2.98. The second-order valence-corrected chi connectivity index (χ2v) is 8.21. The first kappa shape index (κ1) is 19.4. The van der Waals surface area contributed by atoms with Gasteiger partial charge in [-0.25, -0.2) is 4.90 Å². The van der Waals surface area contributed by atoms with Crippen molar-refractivity contribution < 1.29 is 14.3 Å². The summed E-state index contributed by atoms with van der Waals surface area (Å²) in [4.78, 5) is 27.4. The van der Waals surface area contributed by atoms with Crippen LogP contribution >= 0.6 is 23.4 Å². The molecule has 1 heterocycles. The van der Waals surface area contributed by atoms with E-state index in [-0.39, 0.29) is 18.2 Å². The van der Waals surface area contributed by atoms with Crippen molar-refractivity contribution in [3.8, 4) is 11.5 Å². The molecule has 2 amide bonds. The number of amides is 2. The van der Waals surface area contributed by atoms with Gasteiger partial charge in [0.1, 0.15) is 11.5 Å². The van der Waals surface area contributed by atoms with Gasteiger partial charge in [-0.15, -0.1) is 11.8 Å². The summed E-state index contributed by atoms with van der Waals surface area (Å²) in [7, 11) is 0. The van der Waals surface area contributed by atoms with Gasteiger partial charge in [0.15, 0.2) is 0 Å². The number of hydrogen-bond acceptors (Lipinski definition) is 5. The fraction of sp³-hybridized carbons (Fsp3) is 0.0909. The molecule has 0 bridgehead atoms. The van der Waals surface area contributed by atoms with E-state index in [1.807, 2.05) is 12.1 Å². The zero-order valence-corrected chi connectivity index (χ0v) is 16.8. The maximum atomic E-state index is 12.8. The standard InChI is InChI=1S/C22H17ClN2O3S/c23-14-4-8-17(9-5-14)28-18-10-6-16(7-11-18)25-21(26)13-20(22(25)27)29-19-3-1-2-15(24)12-19/h1-12,20H,13,24H2/t20-/m1/s1. The number of nitrogens with zero attached hydrogens (tertiary/aromatic N) is 1. The predicted molar refractivity (Wildman–Crippen MR) is 116 cm³/mol. The maximum Gasteiger partial charge on any atom is 0.247 e. The third-order valence-electron chi connectivity index (χ3n) is 4.39. The Labute approximate surface area is 177 Å². The van der Waals surface area contributed by atoms with Gasteiger partial charge >= 0.3 is 0 Å². The molecule has 2 N–H and O–H groups in total. The highest BCUT2D eigenvalue weighted by Gasteiger charge is 2.40. The number of ether oxygens (including phenoxy) is 1. The maximum absolute atomic E-state index is 12.8. The molecule has 146 valence electrons. The third-order valence-corrected chi connectivity index (χ3v) is 5.82. The Bertz CT molecular complexity index is 1050. The monoisotopic (exact) mass is 424 g/mol. The first-order chi connectivity index (χ1) is 14.0. The van der Waals surface area contributed by atoms with Crippen molar-refractivity contribution in [2.45, 2.75) is 16.6 Å². The van der Waals surface area contributed by atoms with Crippen LogP contribution in [-0.4, -0.2) is 17.1 Å². The van der Waals surface area contributed by atoms with Crippen molar-refractivity contribution >= 4 is 46.6 Å². The van der Waals surface area contributed by atoms with Gasteiger partial charge in [-0.3, -0.25) is 9.59 Å². The van der Waals surface area contributed by atoms with Gasteiger partial charge in [0.05, 0.1) is 10.9 Å². The van der Waals surface area contributed by atoms with E-state index >= 15 is 0 Å². The molecular formula is C22H17ClN2O3S. The molecule has 4 rings (SSSR count). The summed E-state index contributed by atoms with van der Waals surface area (Å²) in [5, 5.41) is 0.165. The predicted octanol–water partition coefficient (Wildman–Crippen LogP) is 5.14. The summed E-state index contributed by atoms with van der Waals surface area (Å²) in [6, 6.07) is 21.2. The first-order valence-electron chi connectivity index (χ1n) is 8.92. The van der Waals surface area contributed by atoms with E-state index in [9.17, 15) is 9.59 Å². The van der Waals surface area contributed by atoms with Crippen LogP contribution in [0.15, 0.2) is 77.7 Å². The van der Waals surface area contributed by atoms with E-state index in [0.29, 0.717) is 27.9 Å². The second-order valence-electron chi connectivity index (χ2n) is 6.50. The highest BCUT2D eigenvalue weighted by molar-refractivity contribution is 8.00. The molecule has 0 spiro atoms. The van der Waals surface area contributed by atoms with Crippen LogP contribution in [0, 0.1) is 0 Å². The lowest BCUT2D eigenvalue weighted by Gasteiger charge is -2.15. The van der Waals surface area contributed by atoms with E-state index < -0.39 is 5.25 Å². The summed E-state index contributed by atoms with van der Waals surface area (Å²) < 4.78 is 5.75. The molecule has 0 aromatic heterocycles. The minimum atomic E-state index is -0.464. The molecule has 0 unspecified atom stereocenters. The van der Waals surface area contributed by atoms with Crippen LogP contribution in [0.5, 0.6) is 11.5 Å². The number of thioether (sulfide) groups is 1. The molecule has 0 saturated carbocycles. The molecule has 1 atom stereocenters. The van der Waals surface area contributed by atoms with E-state index in [2.05, 4.69) is 0 Å². The minimum absolute atomic E-state index is 0.154. The van der Waals surface area contributed by atoms with E-state index in [1.165, 1.54) is 16.7 Å². The third kappa shape index (κ3) is 4.39. The van der Waals surface area contributed by atoms with Gasteiger partial charge in [-0.1, -0.05) is 17.7 Å². The number of nitrogen functional groups attached to an aromatic ring is 1. The van der Waals surface area contributed by atoms with Crippen molar-refractivity contribution in [1.82, 2.24) is 0 Å². The molecule has 1 aliphatic heterocycles. The number of hydrogen-bond donors (Lipinski definition) is 1. The van der Waals surface area contributed by atoms with Crippen LogP contribution in [0.2, 0.25) is 5.02 Å². The number of anilines is 2. The summed E-state index contributed by atoms with van der Waals surface area (Å²) in [6.07, 6.45) is 0.154. The van der Waals surface area contributed by atoms with Gasteiger partial charge in [-0.05, 0) is 66.7 Å². The van der Waals surface area contributed by atoms with Crippen LogP contribution in [0.1, 0.15) is 6.42 Å². The zero-order valence-electron chi connectivity index (χ0n) is 15.2. The molecule has 1 fully saturated rings. The molecule has 3 aromatic rings. The molecule has 1 saturated heterocycles. The van der Waals surface area contributed by atoms with Gasteiger partial charge < -0.3 is 10.5 Å². The lowest BCUT2D eigenvalue weighted by Crippen LogP contribution is -2.31. The van der Waals surface area contributed by atoms with Crippen molar-refractivity contribution in [3.05, 3.63) is 77.8 Å². The van der Waals surface area contributed by atoms with Crippen molar-refractivity contribution in [1.29, 1.82) is 0 Å². The summed E-state index contributed by atoms with van der Waals surface area (Å²) in [5.41, 5.74) is 6.95. The van der Waals surface area contributed by atoms with E-state index in [1.54, 1.807) is 60.7 Å². The number of carbonyl (C=O) groups is 2. The average molecular weight is 425 g/mol. The number of nitrogens with two attached hydrogens (primary N) is 1. The Morgan fingerprint density at radius 1 is 0.966 bits per heavy atom. The van der Waals surface area contributed by atoms with Crippen LogP contribution in [0.4, 0.5) is 11.4 Å². The topological polar surface area (TPSA) is 72.6 Å². The molecule has 1 aliphatic rings. The van der Waals surface area contributed by atoms with E-state index in [0.717, 1.165) is 4.90 Å². The van der Waals surface area contributed by atoms with Crippen LogP contribution in [0.25, 0.3) is 0 Å². The smallest absolute Gasteiger partial charge is 0.247 e. The van der Waals surface area contributed by atoms with Gasteiger partial charge in [0.2, 0.25) is 11.8 Å². The fourth-order valence-electron chi connectivity index (χ4n) is 3.02. The van der Waals surface area contributed by atoms with Crippen molar-refractivity contribution in [2.75, 3.05) is 10.6 Å². The molecule has 29 heavy (non-hydrogen) atoms. The Morgan fingerprint density at radius 3 is 2.28 bits per heavy atom. The van der Waals surface area contributed by atoms with Crippen molar-refractivity contribution in [3.63, 3.8) is 0 Å². The van der Waals surface area contributed by atoms with Crippen LogP contribution < -0.4 is 15.4 Å². The molecule has 5 nitrogen and oxygen atoms in total. The number of halogens is 1. The lowest BCUT2D eigenvalue weighted by molar-refractivity contribution is -0.121. The normalized spacial score (nSPS) is 16.3. The summed E-state index contributed by atoms with van der Waals surface area (Å²) >= 11 is 7.23. The highest BCUT2D eigenvalue weighted by atomic mass is 35.5. The fourth-order valence-corrected chi connectivity index (χ4v) is 4.27. The van der Waals surface area contributed by atoms with E-state index in [4.69, 9.17) is 22.1 Å². The number of benzene rings is 3. The van der Waals surface area contributed by atoms with Gasteiger partial charge in [0, 0.05) is 22.0 Å². The van der Waals surface area contributed by atoms with Gasteiger partial charge in [-0.2, -0.15) is 0 Å². The molecular weight excluding hydrogens is 408 g/mol. The summed E-state index contributed by atoms with van der Waals surface area (Å²) in [5.74, 6) is 0.798.